The second-order valence-electron chi connectivity index (χ2n) is 9.17. The van der Waals surface area contributed by atoms with Gasteiger partial charge in [0.05, 0.1) is 5.92 Å². The third-order valence-electron chi connectivity index (χ3n) is 5.69. The van der Waals surface area contributed by atoms with E-state index < -0.39 is 0 Å². The number of hydrogen-bond acceptors (Lipinski definition) is 2. The Morgan fingerprint density at radius 1 is 1.04 bits per heavy atom. The molecule has 0 N–H and O–H groups in total. The van der Waals surface area contributed by atoms with Gasteiger partial charge in [-0.1, -0.05) is 65.0 Å². The van der Waals surface area contributed by atoms with Crippen LogP contribution in [0, 0.1) is 19.8 Å². The monoisotopic (exact) mass is 380 g/mol. The molecule has 2 aromatic carbocycles. The molecular formula is C26H36O2. The van der Waals surface area contributed by atoms with Crippen molar-refractivity contribution in [3.05, 3.63) is 64.2 Å². The fraction of sp³-hybridized carbons (Fsp3) is 0.500. The Hall–Kier alpha value is -2.09. The van der Waals surface area contributed by atoms with Crippen LogP contribution in [-0.4, -0.2) is 5.97 Å². The molecule has 2 rings (SSSR count). The fourth-order valence-electron chi connectivity index (χ4n) is 3.80. The Morgan fingerprint density at radius 3 is 2.18 bits per heavy atom. The van der Waals surface area contributed by atoms with Gasteiger partial charge in [0.25, 0.3) is 0 Å². The number of aryl methyl sites for hydroxylation is 2. The maximum Gasteiger partial charge on any atom is 0.318 e. The van der Waals surface area contributed by atoms with Crippen LogP contribution < -0.4 is 4.74 Å². The van der Waals surface area contributed by atoms with Crippen molar-refractivity contribution in [1.82, 2.24) is 0 Å². The fourth-order valence-corrected chi connectivity index (χ4v) is 3.80. The highest BCUT2D eigenvalue weighted by molar-refractivity contribution is 5.80. The van der Waals surface area contributed by atoms with Crippen LogP contribution in [0.15, 0.2) is 36.4 Å². The summed E-state index contributed by atoms with van der Waals surface area (Å²) in [6.07, 6.45) is 2.03. The molecule has 0 aliphatic carbocycles. The molecule has 0 saturated heterocycles. The first kappa shape index (κ1) is 22.2. The maximum absolute atomic E-state index is 12.9. The van der Waals surface area contributed by atoms with Crippen LogP contribution in [0.3, 0.4) is 0 Å². The average Bonchev–Trinajstić information content (AvgIpc) is 2.60. The van der Waals surface area contributed by atoms with E-state index in [0.29, 0.717) is 11.7 Å². The molecule has 28 heavy (non-hydrogen) atoms. The summed E-state index contributed by atoms with van der Waals surface area (Å²) < 4.78 is 5.97. The minimum atomic E-state index is -0.300. The lowest BCUT2D eigenvalue weighted by Gasteiger charge is -2.28. The number of esters is 1. The molecule has 0 aromatic heterocycles. The van der Waals surface area contributed by atoms with Gasteiger partial charge < -0.3 is 4.74 Å². The normalized spacial score (nSPS) is 12.9. The van der Waals surface area contributed by atoms with E-state index >= 15 is 0 Å². The van der Waals surface area contributed by atoms with Gasteiger partial charge in [0.2, 0.25) is 0 Å². The molecule has 152 valence electrons. The third kappa shape index (κ3) is 5.25. The molecule has 0 aliphatic rings. The van der Waals surface area contributed by atoms with Crippen molar-refractivity contribution in [1.29, 1.82) is 0 Å². The molecule has 1 atom stereocenters. The number of rotatable bonds is 7. The van der Waals surface area contributed by atoms with Gasteiger partial charge in [-0.05, 0) is 73.3 Å². The zero-order valence-electron chi connectivity index (χ0n) is 18.8. The highest BCUT2D eigenvalue weighted by atomic mass is 16.5. The summed E-state index contributed by atoms with van der Waals surface area (Å²) >= 11 is 0. The van der Waals surface area contributed by atoms with Gasteiger partial charge in [-0.2, -0.15) is 0 Å². The van der Waals surface area contributed by atoms with E-state index in [4.69, 9.17) is 4.74 Å². The molecule has 2 aromatic rings. The predicted octanol–water partition coefficient (Wildman–Crippen LogP) is 6.90. The van der Waals surface area contributed by atoms with Crippen molar-refractivity contribution < 1.29 is 9.53 Å². The smallest absolute Gasteiger partial charge is 0.318 e. The van der Waals surface area contributed by atoms with Crippen molar-refractivity contribution in [2.75, 3.05) is 0 Å². The molecular weight excluding hydrogens is 344 g/mol. The molecule has 2 nitrogen and oxygen atoms in total. The molecule has 0 unspecified atom stereocenters. The summed E-state index contributed by atoms with van der Waals surface area (Å²) in [6.45, 7) is 17.1. The standard InChI is InChI=1S/C26H36O2/c1-9-26(7,8)24-19(5)15-18(4)16-23(24)28-25(27)20(6)22-12-10-21(11-13-22)14-17(2)3/h10-13,15-17,20H,9,14H2,1-8H3/t20-/m0/s1. The number of carbonyl (C=O) groups is 1. The lowest BCUT2D eigenvalue weighted by atomic mass is 9.79. The molecule has 0 bridgehead atoms. The van der Waals surface area contributed by atoms with Gasteiger partial charge in [0.15, 0.2) is 0 Å². The van der Waals surface area contributed by atoms with Gasteiger partial charge in [0, 0.05) is 5.56 Å². The second-order valence-corrected chi connectivity index (χ2v) is 9.17. The first-order valence-corrected chi connectivity index (χ1v) is 10.5. The second kappa shape index (κ2) is 8.94. The van der Waals surface area contributed by atoms with Gasteiger partial charge in [0.1, 0.15) is 5.75 Å². The summed E-state index contributed by atoms with van der Waals surface area (Å²) in [5.41, 5.74) is 5.68. The molecule has 0 fully saturated rings. The molecule has 0 amide bonds. The SMILES string of the molecule is CCC(C)(C)c1c(C)cc(C)cc1OC(=O)[C@@H](C)c1ccc(CC(C)C)cc1. The molecule has 0 aliphatic heterocycles. The van der Waals surface area contributed by atoms with Gasteiger partial charge in [-0.15, -0.1) is 0 Å². The Morgan fingerprint density at radius 2 is 1.64 bits per heavy atom. The maximum atomic E-state index is 12.9. The molecule has 0 saturated carbocycles. The van der Waals surface area contributed by atoms with Crippen LogP contribution in [0.1, 0.15) is 81.7 Å². The van der Waals surface area contributed by atoms with Crippen LogP contribution in [0.2, 0.25) is 0 Å². The summed E-state index contributed by atoms with van der Waals surface area (Å²) in [6, 6.07) is 12.5. The summed E-state index contributed by atoms with van der Waals surface area (Å²) in [5, 5.41) is 0. The Labute approximate surface area is 171 Å². The molecule has 0 radical (unpaired) electrons. The zero-order chi connectivity index (χ0) is 21.1. The van der Waals surface area contributed by atoms with E-state index in [1.165, 1.54) is 11.1 Å². The van der Waals surface area contributed by atoms with Crippen LogP contribution >= 0.6 is 0 Å². The van der Waals surface area contributed by atoms with Crippen molar-refractivity contribution in [2.24, 2.45) is 5.92 Å². The predicted molar refractivity (Wildman–Crippen MR) is 118 cm³/mol. The number of carbonyl (C=O) groups excluding carboxylic acids is 1. The Balaban J connectivity index is 2.27. The van der Waals surface area contributed by atoms with E-state index in [-0.39, 0.29) is 17.3 Å². The van der Waals surface area contributed by atoms with E-state index in [2.05, 4.69) is 71.9 Å². The lowest BCUT2D eigenvalue weighted by Crippen LogP contribution is -2.22. The van der Waals surface area contributed by atoms with Gasteiger partial charge in [-0.3, -0.25) is 4.79 Å². The lowest BCUT2D eigenvalue weighted by molar-refractivity contribution is -0.135. The van der Waals surface area contributed by atoms with Crippen LogP contribution in [-0.2, 0) is 16.6 Å². The topological polar surface area (TPSA) is 26.3 Å². The van der Waals surface area contributed by atoms with E-state index in [9.17, 15) is 4.79 Å². The van der Waals surface area contributed by atoms with Crippen molar-refractivity contribution in [3.63, 3.8) is 0 Å². The van der Waals surface area contributed by atoms with E-state index in [1.54, 1.807) is 0 Å². The summed E-state index contributed by atoms with van der Waals surface area (Å²) in [4.78, 5) is 12.9. The molecule has 0 heterocycles. The highest BCUT2D eigenvalue weighted by Gasteiger charge is 2.27. The summed E-state index contributed by atoms with van der Waals surface area (Å²) in [7, 11) is 0. The van der Waals surface area contributed by atoms with Gasteiger partial charge in [-0.25, -0.2) is 0 Å². The molecule has 2 heteroatoms. The molecule has 0 spiro atoms. The number of benzene rings is 2. The largest absolute Gasteiger partial charge is 0.426 e. The van der Waals surface area contributed by atoms with Crippen LogP contribution in [0.25, 0.3) is 0 Å². The van der Waals surface area contributed by atoms with Crippen molar-refractivity contribution >= 4 is 5.97 Å². The number of ether oxygens (including phenoxy) is 1. The minimum absolute atomic E-state index is 0.0465. The first-order chi connectivity index (χ1) is 13.0. The van der Waals surface area contributed by atoms with E-state index in [1.807, 2.05) is 19.9 Å². The van der Waals surface area contributed by atoms with E-state index in [0.717, 1.165) is 29.5 Å². The van der Waals surface area contributed by atoms with Crippen molar-refractivity contribution in [3.8, 4) is 5.75 Å². The summed E-state index contributed by atoms with van der Waals surface area (Å²) in [5.74, 6) is 0.831. The van der Waals surface area contributed by atoms with Gasteiger partial charge >= 0.3 is 5.97 Å². The quantitative estimate of drug-likeness (QED) is 0.386. The zero-order valence-corrected chi connectivity index (χ0v) is 18.8. The number of hydrogen-bond donors (Lipinski definition) is 0. The Bertz CT molecular complexity index is 813. The Kier molecular flexibility index (Phi) is 7.09. The van der Waals surface area contributed by atoms with Crippen molar-refractivity contribution in [2.45, 2.75) is 79.6 Å². The third-order valence-corrected chi connectivity index (χ3v) is 5.69. The average molecular weight is 381 g/mol. The first-order valence-electron chi connectivity index (χ1n) is 10.5. The van der Waals surface area contributed by atoms with Crippen LogP contribution in [0.4, 0.5) is 0 Å². The minimum Gasteiger partial charge on any atom is -0.426 e. The highest BCUT2D eigenvalue weighted by Crippen LogP contribution is 2.38. The van der Waals surface area contributed by atoms with Crippen LogP contribution in [0.5, 0.6) is 5.75 Å².